The fraction of sp³-hybridized carbons (Fsp3) is 0.800. The average Bonchev–Trinajstić information content (AvgIpc) is 2.74. The van der Waals surface area contributed by atoms with Crippen molar-refractivity contribution in [2.24, 2.45) is 17.6 Å². The molecule has 6 nitrogen and oxygen atoms in total. The van der Waals surface area contributed by atoms with Crippen LogP contribution in [0.3, 0.4) is 0 Å². The van der Waals surface area contributed by atoms with Crippen LogP contribution in [0.2, 0.25) is 0 Å². The number of rotatable bonds is 2. The van der Waals surface area contributed by atoms with Crippen molar-refractivity contribution in [3.8, 4) is 0 Å². The Balaban J connectivity index is 1.89. The van der Waals surface area contributed by atoms with Crippen molar-refractivity contribution >= 4 is 11.9 Å². The summed E-state index contributed by atoms with van der Waals surface area (Å²) in [6, 6.07) is -1.06. The third-order valence-electron chi connectivity index (χ3n) is 3.59. The van der Waals surface area contributed by atoms with Crippen molar-refractivity contribution in [3.63, 3.8) is 0 Å². The van der Waals surface area contributed by atoms with Gasteiger partial charge in [-0.15, -0.1) is 0 Å². The smallest absolute Gasteiger partial charge is 0.318 e. The number of amides is 3. The van der Waals surface area contributed by atoms with Crippen LogP contribution in [0.25, 0.3) is 0 Å². The Labute approximate surface area is 94.5 Å². The Morgan fingerprint density at radius 1 is 1.38 bits per heavy atom. The summed E-state index contributed by atoms with van der Waals surface area (Å²) in [5, 5.41) is 5.47. The van der Waals surface area contributed by atoms with Crippen LogP contribution in [-0.2, 0) is 4.79 Å². The van der Waals surface area contributed by atoms with Crippen LogP contribution < -0.4 is 16.4 Å². The lowest BCUT2D eigenvalue weighted by atomic mass is 10.0. The molecule has 0 saturated carbocycles. The van der Waals surface area contributed by atoms with Crippen LogP contribution in [-0.4, -0.2) is 49.1 Å². The van der Waals surface area contributed by atoms with Crippen LogP contribution in [0.15, 0.2) is 0 Å². The lowest BCUT2D eigenvalue weighted by Gasteiger charge is -2.23. The molecule has 2 fully saturated rings. The molecule has 2 saturated heterocycles. The fourth-order valence-electron chi connectivity index (χ4n) is 2.60. The van der Waals surface area contributed by atoms with Crippen LogP contribution in [0.4, 0.5) is 4.79 Å². The first-order valence-electron chi connectivity index (χ1n) is 5.63. The van der Waals surface area contributed by atoms with Gasteiger partial charge in [0.15, 0.2) is 0 Å². The number of nitrogens with zero attached hydrogens (tertiary/aromatic N) is 1. The van der Waals surface area contributed by atoms with E-state index in [1.165, 1.54) is 0 Å². The van der Waals surface area contributed by atoms with Gasteiger partial charge < -0.3 is 11.1 Å². The van der Waals surface area contributed by atoms with E-state index in [2.05, 4.69) is 15.5 Å². The quantitative estimate of drug-likeness (QED) is 0.547. The maximum absolute atomic E-state index is 11.6. The highest BCUT2D eigenvalue weighted by molar-refractivity contribution is 5.96. The van der Waals surface area contributed by atoms with Crippen LogP contribution in [0, 0.1) is 11.8 Å². The predicted octanol–water partition coefficient (Wildman–Crippen LogP) is -1.28. The van der Waals surface area contributed by atoms with Crippen molar-refractivity contribution in [3.05, 3.63) is 0 Å². The van der Waals surface area contributed by atoms with Gasteiger partial charge in [0.05, 0.1) is 6.04 Å². The number of likely N-dealkylation sites (tertiary alicyclic amines) is 1. The monoisotopic (exact) mass is 226 g/mol. The molecule has 3 atom stereocenters. The molecule has 16 heavy (non-hydrogen) atoms. The first-order valence-corrected chi connectivity index (χ1v) is 5.63. The number of fused-ring (bicyclic) bond motifs is 1. The molecule has 0 aromatic carbocycles. The highest BCUT2D eigenvalue weighted by Gasteiger charge is 2.39. The minimum atomic E-state index is -0.780. The second-order valence-electron chi connectivity index (χ2n) is 4.66. The molecule has 0 aromatic heterocycles. The number of urea groups is 1. The number of imide groups is 1. The van der Waals surface area contributed by atoms with Gasteiger partial charge in [-0.3, -0.25) is 15.0 Å². The Hall–Kier alpha value is -1.14. The number of hydrogen-bond acceptors (Lipinski definition) is 4. The molecule has 0 aromatic rings. The first-order chi connectivity index (χ1) is 7.58. The van der Waals surface area contributed by atoms with E-state index in [9.17, 15) is 9.59 Å². The molecular weight excluding hydrogens is 208 g/mol. The highest BCUT2D eigenvalue weighted by Crippen LogP contribution is 2.27. The van der Waals surface area contributed by atoms with Gasteiger partial charge >= 0.3 is 6.03 Å². The average molecular weight is 226 g/mol. The van der Waals surface area contributed by atoms with E-state index in [4.69, 9.17) is 5.73 Å². The van der Waals surface area contributed by atoms with E-state index >= 15 is 0 Å². The summed E-state index contributed by atoms with van der Waals surface area (Å²) in [6.07, 6.45) is 0. The van der Waals surface area contributed by atoms with E-state index < -0.39 is 6.03 Å². The topological polar surface area (TPSA) is 87.5 Å². The minimum absolute atomic E-state index is 0.280. The van der Waals surface area contributed by atoms with Gasteiger partial charge in [0, 0.05) is 13.1 Å². The summed E-state index contributed by atoms with van der Waals surface area (Å²) in [6.45, 7) is 5.72. The zero-order valence-corrected chi connectivity index (χ0v) is 9.40. The van der Waals surface area contributed by atoms with Crippen molar-refractivity contribution in [1.82, 2.24) is 15.5 Å². The summed E-state index contributed by atoms with van der Waals surface area (Å²) >= 11 is 0. The van der Waals surface area contributed by atoms with Crippen molar-refractivity contribution in [2.45, 2.75) is 13.0 Å². The first kappa shape index (κ1) is 11.3. The van der Waals surface area contributed by atoms with Crippen LogP contribution >= 0.6 is 0 Å². The molecule has 90 valence electrons. The molecule has 2 aliphatic rings. The molecule has 3 amide bonds. The molecule has 2 heterocycles. The number of hydrogen-bond donors (Lipinski definition) is 3. The number of nitrogens with two attached hydrogens (primary N) is 1. The van der Waals surface area contributed by atoms with Gasteiger partial charge in [0.25, 0.3) is 0 Å². The van der Waals surface area contributed by atoms with E-state index in [-0.39, 0.29) is 11.9 Å². The molecule has 0 aliphatic carbocycles. The summed E-state index contributed by atoms with van der Waals surface area (Å²) in [5.74, 6) is 0.980. The zero-order chi connectivity index (χ0) is 11.7. The number of primary amides is 1. The fourth-order valence-corrected chi connectivity index (χ4v) is 2.60. The summed E-state index contributed by atoms with van der Waals surface area (Å²) in [4.78, 5) is 24.3. The van der Waals surface area contributed by atoms with Gasteiger partial charge in [0.2, 0.25) is 5.91 Å². The Morgan fingerprint density at radius 3 is 2.44 bits per heavy atom. The normalized spacial score (nSPS) is 31.1. The molecular formula is C10H18N4O2. The molecule has 0 bridgehead atoms. The van der Waals surface area contributed by atoms with E-state index in [0.717, 1.165) is 26.2 Å². The summed E-state index contributed by atoms with van der Waals surface area (Å²) in [7, 11) is 0. The largest absolute Gasteiger partial charge is 0.351 e. The molecule has 0 radical (unpaired) electrons. The Morgan fingerprint density at radius 2 is 1.94 bits per heavy atom. The predicted molar refractivity (Wildman–Crippen MR) is 58.6 cm³/mol. The maximum Gasteiger partial charge on any atom is 0.318 e. The van der Waals surface area contributed by atoms with Crippen LogP contribution in [0.1, 0.15) is 6.92 Å². The third kappa shape index (κ3) is 2.17. The lowest BCUT2D eigenvalue weighted by Crippen LogP contribution is -2.48. The second kappa shape index (κ2) is 4.39. The molecule has 4 N–H and O–H groups in total. The van der Waals surface area contributed by atoms with Gasteiger partial charge in [-0.2, -0.15) is 0 Å². The zero-order valence-electron chi connectivity index (χ0n) is 9.40. The molecule has 2 rings (SSSR count). The molecule has 0 spiro atoms. The highest BCUT2D eigenvalue weighted by atomic mass is 16.2. The number of carbonyl (C=O) groups excluding carboxylic acids is 2. The lowest BCUT2D eigenvalue weighted by molar-refractivity contribution is -0.124. The Kier molecular flexibility index (Phi) is 3.11. The number of nitrogens with one attached hydrogen (secondary N) is 2. The summed E-state index contributed by atoms with van der Waals surface area (Å²) in [5.41, 5.74) is 4.92. The van der Waals surface area contributed by atoms with E-state index in [1.807, 2.05) is 6.92 Å². The van der Waals surface area contributed by atoms with E-state index in [0.29, 0.717) is 11.8 Å². The standard InChI is InChI=1S/C10H18N4O2/c1-6(9(15)13-10(11)16)14-4-7-2-12-3-8(7)5-14/h6-8,12H,2-5H2,1H3,(H3,11,13,15,16). The van der Waals surface area contributed by atoms with Gasteiger partial charge in [0.1, 0.15) is 0 Å². The van der Waals surface area contributed by atoms with Gasteiger partial charge in [-0.05, 0) is 31.8 Å². The van der Waals surface area contributed by atoms with Crippen molar-refractivity contribution < 1.29 is 9.59 Å². The van der Waals surface area contributed by atoms with Gasteiger partial charge in [-0.25, -0.2) is 4.79 Å². The number of carbonyl (C=O) groups is 2. The van der Waals surface area contributed by atoms with Gasteiger partial charge in [-0.1, -0.05) is 0 Å². The minimum Gasteiger partial charge on any atom is -0.351 e. The molecule has 2 aliphatic heterocycles. The van der Waals surface area contributed by atoms with Crippen molar-refractivity contribution in [1.29, 1.82) is 0 Å². The van der Waals surface area contributed by atoms with Crippen molar-refractivity contribution in [2.75, 3.05) is 26.2 Å². The molecule has 6 heteroatoms. The van der Waals surface area contributed by atoms with E-state index in [1.54, 1.807) is 0 Å². The third-order valence-corrected chi connectivity index (χ3v) is 3.59. The maximum atomic E-state index is 11.6. The molecule has 3 unspecified atom stereocenters. The summed E-state index contributed by atoms with van der Waals surface area (Å²) < 4.78 is 0. The SMILES string of the molecule is CC(C(=O)NC(N)=O)N1CC2CNCC2C1. The Bertz CT molecular complexity index is 295. The second-order valence-corrected chi connectivity index (χ2v) is 4.66. The van der Waals surface area contributed by atoms with Crippen LogP contribution in [0.5, 0.6) is 0 Å².